The number of hydrogen-bond acceptors (Lipinski definition) is 1. The molecule has 1 fully saturated rings. The molecule has 1 N–H and O–H groups in total. The molecule has 2 atom stereocenters. The highest BCUT2D eigenvalue weighted by Gasteiger charge is 2.31. The molecule has 114 valence electrons. The van der Waals surface area contributed by atoms with Gasteiger partial charge in [-0.2, -0.15) is 0 Å². The minimum absolute atomic E-state index is 0.00120. The minimum Gasteiger partial charge on any atom is -0.349 e. The maximum absolute atomic E-state index is 13.7. The van der Waals surface area contributed by atoms with E-state index in [1.807, 2.05) is 12.1 Å². The number of carbonyl (C=O) groups excluding carboxylic acids is 1. The fourth-order valence-corrected chi connectivity index (χ4v) is 3.29. The van der Waals surface area contributed by atoms with E-state index in [4.69, 9.17) is 23.2 Å². The topological polar surface area (TPSA) is 29.1 Å². The molecule has 5 heteroatoms. The van der Waals surface area contributed by atoms with Gasteiger partial charge in [-0.3, -0.25) is 4.79 Å². The molecule has 2 aromatic rings. The first kappa shape index (κ1) is 15.3. The number of rotatable bonds is 2. The van der Waals surface area contributed by atoms with E-state index in [1.54, 1.807) is 18.2 Å². The van der Waals surface area contributed by atoms with Crippen LogP contribution in [-0.2, 0) is 4.79 Å². The summed E-state index contributed by atoms with van der Waals surface area (Å²) in [6.45, 7) is 0. The molecule has 2 aromatic carbocycles. The fourth-order valence-electron chi connectivity index (χ4n) is 2.93. The van der Waals surface area contributed by atoms with Crippen molar-refractivity contribution in [2.45, 2.75) is 24.8 Å². The summed E-state index contributed by atoms with van der Waals surface area (Å²) in [6.07, 6.45) is 1.07. The van der Waals surface area contributed by atoms with E-state index < -0.39 is 0 Å². The molecule has 3 rings (SSSR count). The van der Waals surface area contributed by atoms with Crippen molar-refractivity contribution < 1.29 is 9.18 Å². The predicted octanol–water partition coefficient (Wildman–Crippen LogP) is 4.87. The smallest absolute Gasteiger partial charge is 0.220 e. The van der Waals surface area contributed by atoms with Crippen LogP contribution in [0, 0.1) is 5.82 Å². The highest BCUT2D eigenvalue weighted by molar-refractivity contribution is 6.30. The van der Waals surface area contributed by atoms with E-state index in [9.17, 15) is 9.18 Å². The predicted molar refractivity (Wildman–Crippen MR) is 85.7 cm³/mol. The quantitative estimate of drug-likeness (QED) is 0.832. The number of carbonyl (C=O) groups is 1. The van der Waals surface area contributed by atoms with Crippen LogP contribution in [0.3, 0.4) is 0 Å². The van der Waals surface area contributed by atoms with Crippen LogP contribution in [0.2, 0.25) is 10.0 Å². The molecule has 0 bridgehead atoms. The molecule has 0 spiro atoms. The molecule has 0 radical (unpaired) electrons. The van der Waals surface area contributed by atoms with Gasteiger partial charge in [-0.1, -0.05) is 35.3 Å². The normalized spacial score (nSPS) is 21.5. The van der Waals surface area contributed by atoms with Crippen LogP contribution in [-0.4, -0.2) is 5.91 Å². The Labute approximate surface area is 138 Å². The first-order valence-corrected chi connectivity index (χ1v) is 7.79. The van der Waals surface area contributed by atoms with Gasteiger partial charge in [-0.15, -0.1) is 0 Å². The van der Waals surface area contributed by atoms with E-state index in [-0.39, 0.29) is 23.7 Å². The van der Waals surface area contributed by atoms with Crippen LogP contribution in [0.4, 0.5) is 4.39 Å². The number of hydrogen-bond donors (Lipinski definition) is 1. The molecule has 0 aromatic heterocycles. The highest BCUT2D eigenvalue weighted by Crippen LogP contribution is 2.39. The average molecular weight is 338 g/mol. The summed E-state index contributed by atoms with van der Waals surface area (Å²) < 4.78 is 13.7. The van der Waals surface area contributed by atoms with E-state index in [1.165, 1.54) is 12.1 Å². The van der Waals surface area contributed by atoms with Gasteiger partial charge in [0.2, 0.25) is 5.91 Å². The summed E-state index contributed by atoms with van der Waals surface area (Å²) in [5, 5.41) is 3.99. The zero-order valence-electron chi connectivity index (χ0n) is 11.7. The van der Waals surface area contributed by atoms with Gasteiger partial charge >= 0.3 is 0 Å². The summed E-state index contributed by atoms with van der Waals surface area (Å²) in [5.41, 5.74) is 1.74. The second-order valence-electron chi connectivity index (χ2n) is 5.44. The SMILES string of the molecule is O=C1CC[C@H](c2cc(F)cc(Cl)c2)[C@@H](c2ccc(Cl)cc2)N1. The van der Waals surface area contributed by atoms with Gasteiger partial charge in [-0.25, -0.2) is 4.39 Å². The Morgan fingerprint density at radius 1 is 1.00 bits per heavy atom. The third-order valence-electron chi connectivity index (χ3n) is 3.94. The van der Waals surface area contributed by atoms with Crippen molar-refractivity contribution in [2.75, 3.05) is 0 Å². The zero-order chi connectivity index (χ0) is 15.7. The van der Waals surface area contributed by atoms with Crippen molar-refractivity contribution in [3.05, 3.63) is 69.5 Å². The molecule has 1 amide bonds. The monoisotopic (exact) mass is 337 g/mol. The lowest BCUT2D eigenvalue weighted by Crippen LogP contribution is -2.37. The number of halogens is 3. The van der Waals surface area contributed by atoms with Crippen LogP contribution >= 0.6 is 23.2 Å². The highest BCUT2D eigenvalue weighted by atomic mass is 35.5. The second kappa shape index (κ2) is 6.27. The van der Waals surface area contributed by atoms with Crippen LogP contribution in [0.15, 0.2) is 42.5 Å². The summed E-state index contributed by atoms with van der Waals surface area (Å²) >= 11 is 11.9. The van der Waals surface area contributed by atoms with Gasteiger partial charge in [0.1, 0.15) is 5.82 Å². The van der Waals surface area contributed by atoms with Crippen molar-refractivity contribution in [3.63, 3.8) is 0 Å². The Morgan fingerprint density at radius 3 is 2.41 bits per heavy atom. The van der Waals surface area contributed by atoms with Crippen LogP contribution in [0.25, 0.3) is 0 Å². The molecule has 2 nitrogen and oxygen atoms in total. The summed E-state index contributed by atoms with van der Waals surface area (Å²) in [7, 11) is 0. The average Bonchev–Trinajstić information content (AvgIpc) is 2.47. The van der Waals surface area contributed by atoms with Gasteiger partial charge < -0.3 is 5.32 Å². The molecular weight excluding hydrogens is 324 g/mol. The summed E-state index contributed by atoms with van der Waals surface area (Å²) in [6, 6.07) is 11.6. The van der Waals surface area contributed by atoms with Gasteiger partial charge in [0, 0.05) is 22.4 Å². The van der Waals surface area contributed by atoms with Crippen LogP contribution < -0.4 is 5.32 Å². The lowest BCUT2D eigenvalue weighted by atomic mass is 9.81. The Balaban J connectivity index is 1.99. The zero-order valence-corrected chi connectivity index (χ0v) is 13.2. The Hall–Kier alpha value is -1.58. The molecule has 1 saturated heterocycles. The molecule has 1 aliphatic heterocycles. The van der Waals surface area contributed by atoms with Crippen LogP contribution in [0.1, 0.15) is 35.9 Å². The first-order valence-electron chi connectivity index (χ1n) is 7.04. The Bertz CT molecular complexity index is 682. The van der Waals surface area contributed by atoms with Gasteiger partial charge in [0.15, 0.2) is 0 Å². The molecule has 0 unspecified atom stereocenters. The standard InChI is InChI=1S/C17H14Cl2FNO/c18-12-3-1-10(2-4-12)17-15(5-6-16(22)21-17)11-7-13(19)9-14(20)8-11/h1-4,7-9,15,17H,5-6H2,(H,21,22)/t15-,17-/m1/s1. The maximum Gasteiger partial charge on any atom is 0.220 e. The lowest BCUT2D eigenvalue weighted by Gasteiger charge is -2.33. The van der Waals surface area contributed by atoms with Gasteiger partial charge in [0.25, 0.3) is 0 Å². The van der Waals surface area contributed by atoms with Crippen LogP contribution in [0.5, 0.6) is 0 Å². The van der Waals surface area contributed by atoms with Crippen molar-refractivity contribution in [3.8, 4) is 0 Å². The van der Waals surface area contributed by atoms with Gasteiger partial charge in [0.05, 0.1) is 6.04 Å². The minimum atomic E-state index is -0.366. The third kappa shape index (κ3) is 3.26. The molecule has 1 heterocycles. The second-order valence-corrected chi connectivity index (χ2v) is 6.32. The Morgan fingerprint density at radius 2 is 1.73 bits per heavy atom. The molecule has 22 heavy (non-hydrogen) atoms. The number of benzene rings is 2. The van der Waals surface area contributed by atoms with Gasteiger partial charge in [-0.05, 0) is 47.9 Å². The van der Waals surface area contributed by atoms with E-state index in [0.29, 0.717) is 22.9 Å². The van der Waals surface area contributed by atoms with E-state index >= 15 is 0 Å². The molecule has 0 saturated carbocycles. The summed E-state index contributed by atoms with van der Waals surface area (Å²) in [5.74, 6) is -0.389. The van der Waals surface area contributed by atoms with E-state index in [2.05, 4.69) is 5.32 Å². The summed E-state index contributed by atoms with van der Waals surface area (Å²) in [4.78, 5) is 11.8. The van der Waals surface area contributed by atoms with E-state index in [0.717, 1.165) is 11.1 Å². The number of nitrogens with one attached hydrogen (secondary N) is 1. The van der Waals surface area contributed by atoms with Crippen molar-refractivity contribution in [2.24, 2.45) is 0 Å². The van der Waals surface area contributed by atoms with Crippen molar-refractivity contribution in [1.82, 2.24) is 5.32 Å². The Kier molecular flexibility index (Phi) is 4.37. The van der Waals surface area contributed by atoms with Crippen molar-refractivity contribution in [1.29, 1.82) is 0 Å². The van der Waals surface area contributed by atoms with Crippen molar-refractivity contribution >= 4 is 29.1 Å². The molecule has 1 aliphatic rings. The fraction of sp³-hybridized carbons (Fsp3) is 0.235. The maximum atomic E-state index is 13.7. The largest absolute Gasteiger partial charge is 0.349 e. The molecule has 0 aliphatic carbocycles. The number of piperidine rings is 1. The number of amides is 1. The first-order chi connectivity index (χ1) is 10.5. The molecular formula is C17H14Cl2FNO. The lowest BCUT2D eigenvalue weighted by molar-refractivity contribution is -0.123. The third-order valence-corrected chi connectivity index (χ3v) is 4.41.